The monoisotopic (exact) mass is 187 g/mol. The second-order valence-corrected chi connectivity index (χ2v) is 2.82. The molecule has 0 fully saturated rings. The number of rotatable bonds is 2. The Morgan fingerprint density at radius 3 is 2.75 bits per heavy atom. The van der Waals surface area contributed by atoms with E-state index in [-0.39, 0.29) is 10.5 Å². The number of pyridine rings is 1. The van der Waals surface area contributed by atoms with Crippen LogP contribution >= 0.6 is 11.8 Å². The van der Waals surface area contributed by atoms with Crippen LogP contribution in [0.5, 0.6) is 0 Å². The summed E-state index contributed by atoms with van der Waals surface area (Å²) in [5.74, 6) is -1.76. The summed E-state index contributed by atoms with van der Waals surface area (Å²) in [6.45, 7) is 0. The highest BCUT2D eigenvalue weighted by molar-refractivity contribution is 7.98. The fourth-order valence-electron chi connectivity index (χ4n) is 0.783. The minimum absolute atomic E-state index is 0.0949. The van der Waals surface area contributed by atoms with Gasteiger partial charge in [0.15, 0.2) is 5.82 Å². The molecule has 0 atom stereocenters. The van der Waals surface area contributed by atoms with Gasteiger partial charge in [0.1, 0.15) is 0 Å². The van der Waals surface area contributed by atoms with Crippen molar-refractivity contribution in [3.8, 4) is 0 Å². The SMILES string of the molecule is CSc1c(F)cncc1C(=O)O. The number of nitrogens with zero attached hydrogens (tertiary/aromatic N) is 1. The van der Waals surface area contributed by atoms with Crippen LogP contribution in [0.4, 0.5) is 4.39 Å². The summed E-state index contributed by atoms with van der Waals surface area (Å²) >= 11 is 1.05. The van der Waals surface area contributed by atoms with Gasteiger partial charge in [-0.25, -0.2) is 9.18 Å². The third-order valence-corrected chi connectivity index (χ3v) is 2.11. The molecule has 5 heteroatoms. The number of aromatic carboxylic acids is 1. The molecule has 0 unspecified atom stereocenters. The van der Waals surface area contributed by atoms with E-state index < -0.39 is 11.8 Å². The Morgan fingerprint density at radius 1 is 1.67 bits per heavy atom. The van der Waals surface area contributed by atoms with E-state index in [0.29, 0.717) is 0 Å². The molecule has 64 valence electrons. The smallest absolute Gasteiger partial charge is 0.338 e. The van der Waals surface area contributed by atoms with Crippen LogP contribution in [0, 0.1) is 5.82 Å². The highest BCUT2D eigenvalue weighted by atomic mass is 32.2. The minimum Gasteiger partial charge on any atom is -0.478 e. The summed E-state index contributed by atoms with van der Waals surface area (Å²) in [5.41, 5.74) is -0.0949. The number of thioether (sulfide) groups is 1. The van der Waals surface area contributed by atoms with Gasteiger partial charge in [-0.15, -0.1) is 11.8 Å². The first-order chi connectivity index (χ1) is 5.66. The predicted molar refractivity (Wildman–Crippen MR) is 42.9 cm³/mol. The molecule has 0 radical (unpaired) electrons. The van der Waals surface area contributed by atoms with Crippen molar-refractivity contribution in [2.45, 2.75) is 4.90 Å². The summed E-state index contributed by atoms with van der Waals surface area (Å²) < 4.78 is 12.9. The van der Waals surface area contributed by atoms with Crippen LogP contribution in [-0.2, 0) is 0 Å². The Morgan fingerprint density at radius 2 is 2.33 bits per heavy atom. The van der Waals surface area contributed by atoms with Crippen molar-refractivity contribution >= 4 is 17.7 Å². The topological polar surface area (TPSA) is 50.2 Å². The third-order valence-electron chi connectivity index (χ3n) is 1.29. The van der Waals surface area contributed by atoms with Crippen molar-refractivity contribution < 1.29 is 14.3 Å². The lowest BCUT2D eigenvalue weighted by atomic mass is 10.3. The van der Waals surface area contributed by atoms with Crippen LogP contribution < -0.4 is 0 Å². The van der Waals surface area contributed by atoms with Gasteiger partial charge in [0.05, 0.1) is 16.7 Å². The van der Waals surface area contributed by atoms with Crippen LogP contribution in [0.15, 0.2) is 17.3 Å². The lowest BCUT2D eigenvalue weighted by Gasteiger charge is -2.01. The maximum Gasteiger partial charge on any atom is 0.338 e. The van der Waals surface area contributed by atoms with E-state index in [1.54, 1.807) is 6.26 Å². The second kappa shape index (κ2) is 3.53. The zero-order valence-corrected chi connectivity index (χ0v) is 7.06. The first-order valence-corrected chi connectivity index (χ1v) is 4.30. The number of carbonyl (C=O) groups is 1. The summed E-state index contributed by atoms with van der Waals surface area (Å²) in [7, 11) is 0. The number of halogens is 1. The van der Waals surface area contributed by atoms with E-state index in [1.165, 1.54) is 0 Å². The molecule has 1 heterocycles. The van der Waals surface area contributed by atoms with Crippen molar-refractivity contribution in [2.24, 2.45) is 0 Å². The molecule has 0 bridgehead atoms. The Bertz CT molecular complexity index is 316. The zero-order valence-electron chi connectivity index (χ0n) is 6.24. The molecule has 0 spiro atoms. The van der Waals surface area contributed by atoms with Gasteiger partial charge in [0.25, 0.3) is 0 Å². The van der Waals surface area contributed by atoms with Crippen molar-refractivity contribution in [3.63, 3.8) is 0 Å². The minimum atomic E-state index is -1.16. The average Bonchev–Trinajstić information content (AvgIpc) is 2.03. The number of carboxylic acid groups (broad SMARTS) is 1. The maximum atomic E-state index is 12.9. The molecule has 0 saturated carbocycles. The molecule has 1 aromatic rings. The molecule has 0 aromatic carbocycles. The largest absolute Gasteiger partial charge is 0.478 e. The Labute approximate surface area is 72.6 Å². The van der Waals surface area contributed by atoms with Crippen molar-refractivity contribution in [2.75, 3.05) is 6.26 Å². The lowest BCUT2D eigenvalue weighted by Crippen LogP contribution is -2.01. The number of aromatic nitrogens is 1. The van der Waals surface area contributed by atoms with Gasteiger partial charge < -0.3 is 5.11 Å². The Hall–Kier alpha value is -1.10. The molecule has 0 aliphatic carbocycles. The highest BCUT2D eigenvalue weighted by Crippen LogP contribution is 2.22. The molecule has 12 heavy (non-hydrogen) atoms. The molecule has 1 N–H and O–H groups in total. The van der Waals surface area contributed by atoms with Crippen molar-refractivity contribution in [1.82, 2.24) is 4.98 Å². The summed E-state index contributed by atoms with van der Waals surface area (Å²) in [5, 5.41) is 8.60. The molecule has 1 aromatic heterocycles. The first-order valence-electron chi connectivity index (χ1n) is 3.07. The van der Waals surface area contributed by atoms with Gasteiger partial charge in [-0.05, 0) is 6.26 Å². The van der Waals surface area contributed by atoms with Crippen LogP contribution in [0.3, 0.4) is 0 Å². The van der Waals surface area contributed by atoms with Crippen LogP contribution in [0.2, 0.25) is 0 Å². The highest BCUT2D eigenvalue weighted by Gasteiger charge is 2.13. The van der Waals surface area contributed by atoms with Crippen molar-refractivity contribution in [1.29, 1.82) is 0 Å². The fourth-order valence-corrected chi connectivity index (χ4v) is 1.39. The fraction of sp³-hybridized carbons (Fsp3) is 0.143. The van der Waals surface area contributed by atoms with Crippen molar-refractivity contribution in [3.05, 3.63) is 23.8 Å². The standard InChI is InChI=1S/C7H6FNO2S/c1-12-6-4(7(10)11)2-9-3-5(6)8/h2-3H,1H3,(H,10,11). The summed E-state index contributed by atoms with van der Waals surface area (Å²) in [6.07, 6.45) is 3.75. The first kappa shape index (κ1) is 8.99. The summed E-state index contributed by atoms with van der Waals surface area (Å²) in [6, 6.07) is 0. The number of carboxylic acids is 1. The van der Waals surface area contributed by atoms with E-state index in [9.17, 15) is 9.18 Å². The van der Waals surface area contributed by atoms with Gasteiger partial charge in [-0.2, -0.15) is 0 Å². The van der Waals surface area contributed by atoms with Crippen LogP contribution in [0.1, 0.15) is 10.4 Å². The van der Waals surface area contributed by atoms with E-state index in [1.807, 2.05) is 0 Å². The van der Waals surface area contributed by atoms with Crippen LogP contribution in [-0.4, -0.2) is 22.3 Å². The second-order valence-electron chi connectivity index (χ2n) is 2.01. The average molecular weight is 187 g/mol. The lowest BCUT2D eigenvalue weighted by molar-refractivity contribution is 0.0691. The van der Waals surface area contributed by atoms with Gasteiger partial charge in [0.2, 0.25) is 0 Å². The summed E-state index contributed by atoms with van der Waals surface area (Å²) in [4.78, 5) is 14.1. The Kier molecular flexibility index (Phi) is 2.65. The zero-order chi connectivity index (χ0) is 9.14. The molecule has 0 aliphatic heterocycles. The van der Waals surface area contributed by atoms with E-state index in [0.717, 1.165) is 24.2 Å². The quantitative estimate of drug-likeness (QED) is 0.715. The molecule has 0 saturated heterocycles. The van der Waals surface area contributed by atoms with Gasteiger partial charge in [0, 0.05) is 6.20 Å². The third kappa shape index (κ3) is 1.55. The molecular weight excluding hydrogens is 181 g/mol. The predicted octanol–water partition coefficient (Wildman–Crippen LogP) is 1.64. The van der Waals surface area contributed by atoms with Gasteiger partial charge in [-0.1, -0.05) is 0 Å². The normalized spacial score (nSPS) is 9.83. The van der Waals surface area contributed by atoms with E-state index in [2.05, 4.69) is 4.98 Å². The van der Waals surface area contributed by atoms with E-state index >= 15 is 0 Å². The number of hydrogen-bond donors (Lipinski definition) is 1. The molecular formula is C7H6FNO2S. The molecule has 3 nitrogen and oxygen atoms in total. The van der Waals surface area contributed by atoms with E-state index in [4.69, 9.17) is 5.11 Å². The Balaban J connectivity index is 3.27. The molecule has 1 rings (SSSR count). The van der Waals surface area contributed by atoms with Gasteiger partial charge >= 0.3 is 5.97 Å². The van der Waals surface area contributed by atoms with Gasteiger partial charge in [-0.3, -0.25) is 4.98 Å². The molecule has 0 amide bonds. The maximum absolute atomic E-state index is 12.9. The number of hydrogen-bond acceptors (Lipinski definition) is 3. The van der Waals surface area contributed by atoms with Crippen LogP contribution in [0.25, 0.3) is 0 Å². The molecule has 0 aliphatic rings.